The Hall–Kier alpha value is -1.11. The summed E-state index contributed by atoms with van der Waals surface area (Å²) >= 11 is 0. The fourth-order valence-electron chi connectivity index (χ4n) is 2.31. The lowest BCUT2D eigenvalue weighted by Crippen LogP contribution is -2.35. The number of anilines is 1. The Morgan fingerprint density at radius 2 is 1.73 bits per heavy atom. The molecule has 0 aliphatic rings. The largest absolute Gasteiger partial charge is 0.395 e. The number of rotatable bonds is 9. The number of sulfonamides is 1. The minimum Gasteiger partial charge on any atom is -0.395 e. The van der Waals surface area contributed by atoms with Crippen LogP contribution in [0.4, 0.5) is 5.69 Å². The van der Waals surface area contributed by atoms with Gasteiger partial charge in [-0.15, -0.1) is 0 Å². The first-order valence-electron chi connectivity index (χ1n) is 7.74. The van der Waals surface area contributed by atoms with Crippen molar-refractivity contribution >= 4 is 15.7 Å². The Kier molecular flexibility index (Phi) is 7.32. The lowest BCUT2D eigenvalue weighted by atomic mass is 10.0. The van der Waals surface area contributed by atoms with E-state index in [-0.39, 0.29) is 24.4 Å². The summed E-state index contributed by atoms with van der Waals surface area (Å²) in [5.41, 5.74) is 1.63. The predicted octanol–water partition coefficient (Wildman–Crippen LogP) is 2.51. The first kappa shape index (κ1) is 18.9. The Bertz CT molecular complexity index is 541. The first-order chi connectivity index (χ1) is 10.3. The molecule has 22 heavy (non-hydrogen) atoms. The van der Waals surface area contributed by atoms with E-state index in [0.29, 0.717) is 11.6 Å². The van der Waals surface area contributed by atoms with Crippen LogP contribution in [-0.2, 0) is 10.0 Å². The maximum absolute atomic E-state index is 11.5. The van der Waals surface area contributed by atoms with Gasteiger partial charge in [0.05, 0.1) is 12.4 Å². The second kappa shape index (κ2) is 8.50. The molecule has 0 fully saturated rings. The van der Waals surface area contributed by atoms with Crippen molar-refractivity contribution in [3.8, 4) is 0 Å². The molecule has 0 aromatic heterocycles. The Labute approximate surface area is 134 Å². The van der Waals surface area contributed by atoms with Crippen molar-refractivity contribution in [2.45, 2.75) is 46.2 Å². The smallest absolute Gasteiger partial charge is 0.232 e. The molecule has 0 bridgehead atoms. The number of hydrogen-bond donors (Lipinski definition) is 3. The van der Waals surface area contributed by atoms with Crippen molar-refractivity contribution in [2.24, 2.45) is 5.92 Å². The molecular weight excluding hydrogens is 300 g/mol. The standard InChI is InChI=1S/C16H28N2O3S/c1-5-22(20,21)18-15-8-6-14(7-9-15)13(4)17-16(11-19)10-12(2)3/h6-9,12-13,16-19H,5,10-11H2,1-4H3. The third-order valence-corrected chi connectivity index (χ3v) is 4.83. The lowest BCUT2D eigenvalue weighted by molar-refractivity contribution is 0.215. The van der Waals surface area contributed by atoms with Crippen LogP contribution in [0, 0.1) is 5.92 Å². The van der Waals surface area contributed by atoms with Gasteiger partial charge in [-0.3, -0.25) is 4.72 Å². The van der Waals surface area contributed by atoms with Crippen LogP contribution in [0.3, 0.4) is 0 Å². The van der Waals surface area contributed by atoms with Crippen molar-refractivity contribution < 1.29 is 13.5 Å². The van der Waals surface area contributed by atoms with Crippen LogP contribution >= 0.6 is 0 Å². The van der Waals surface area contributed by atoms with Gasteiger partial charge >= 0.3 is 0 Å². The van der Waals surface area contributed by atoms with E-state index in [2.05, 4.69) is 23.9 Å². The van der Waals surface area contributed by atoms with Crippen LogP contribution in [-0.4, -0.2) is 31.9 Å². The molecule has 0 aliphatic carbocycles. The second-order valence-electron chi connectivity index (χ2n) is 6.02. The van der Waals surface area contributed by atoms with Crippen molar-refractivity contribution in [2.75, 3.05) is 17.1 Å². The van der Waals surface area contributed by atoms with Gasteiger partial charge in [0, 0.05) is 17.8 Å². The Morgan fingerprint density at radius 3 is 2.18 bits per heavy atom. The summed E-state index contributed by atoms with van der Waals surface area (Å²) in [6.45, 7) is 8.00. The van der Waals surface area contributed by atoms with Gasteiger partial charge in [-0.2, -0.15) is 0 Å². The quantitative estimate of drug-likeness (QED) is 0.651. The topological polar surface area (TPSA) is 78.4 Å². The fraction of sp³-hybridized carbons (Fsp3) is 0.625. The SMILES string of the molecule is CCS(=O)(=O)Nc1ccc(C(C)NC(CO)CC(C)C)cc1. The average Bonchev–Trinajstić information content (AvgIpc) is 2.46. The molecule has 1 aromatic rings. The summed E-state index contributed by atoms with van der Waals surface area (Å²) in [5.74, 6) is 0.572. The molecule has 0 saturated heterocycles. The summed E-state index contributed by atoms with van der Waals surface area (Å²) in [5, 5.41) is 12.8. The number of benzene rings is 1. The molecule has 0 amide bonds. The normalized spacial score (nSPS) is 14.8. The molecule has 5 nitrogen and oxygen atoms in total. The van der Waals surface area contributed by atoms with E-state index in [1.165, 1.54) is 0 Å². The van der Waals surface area contributed by atoms with E-state index >= 15 is 0 Å². The molecule has 126 valence electrons. The van der Waals surface area contributed by atoms with Crippen LogP contribution in [0.1, 0.15) is 45.7 Å². The zero-order valence-electron chi connectivity index (χ0n) is 13.8. The summed E-state index contributed by atoms with van der Waals surface area (Å²) in [6, 6.07) is 7.47. The molecule has 1 aromatic carbocycles. The van der Waals surface area contributed by atoms with E-state index in [4.69, 9.17) is 0 Å². The minimum atomic E-state index is -3.24. The van der Waals surface area contributed by atoms with E-state index < -0.39 is 10.0 Å². The van der Waals surface area contributed by atoms with Crippen LogP contribution < -0.4 is 10.0 Å². The molecular formula is C16H28N2O3S. The van der Waals surface area contributed by atoms with Gasteiger partial charge in [0.2, 0.25) is 10.0 Å². The number of hydrogen-bond acceptors (Lipinski definition) is 4. The zero-order valence-corrected chi connectivity index (χ0v) is 14.7. The third-order valence-electron chi connectivity index (χ3n) is 3.53. The molecule has 2 atom stereocenters. The zero-order chi connectivity index (χ0) is 16.8. The highest BCUT2D eigenvalue weighted by Crippen LogP contribution is 2.18. The molecule has 0 spiro atoms. The third kappa shape index (κ3) is 6.34. The molecule has 6 heteroatoms. The van der Waals surface area contributed by atoms with Gasteiger partial charge in [0.15, 0.2) is 0 Å². The van der Waals surface area contributed by atoms with E-state index in [0.717, 1.165) is 12.0 Å². The molecule has 0 radical (unpaired) electrons. The van der Waals surface area contributed by atoms with Gasteiger partial charge in [-0.25, -0.2) is 8.42 Å². The predicted molar refractivity (Wildman–Crippen MR) is 91.4 cm³/mol. The summed E-state index contributed by atoms with van der Waals surface area (Å²) in [7, 11) is -3.24. The maximum Gasteiger partial charge on any atom is 0.232 e. The summed E-state index contributed by atoms with van der Waals surface area (Å²) < 4.78 is 25.6. The van der Waals surface area contributed by atoms with Crippen molar-refractivity contribution in [1.29, 1.82) is 0 Å². The maximum atomic E-state index is 11.5. The van der Waals surface area contributed by atoms with Crippen LogP contribution in [0.15, 0.2) is 24.3 Å². The minimum absolute atomic E-state index is 0.0556. The number of nitrogens with one attached hydrogen (secondary N) is 2. The average molecular weight is 328 g/mol. The highest BCUT2D eigenvalue weighted by molar-refractivity contribution is 7.92. The fourth-order valence-corrected chi connectivity index (χ4v) is 2.95. The van der Waals surface area contributed by atoms with Gasteiger partial charge in [0.1, 0.15) is 0 Å². The molecule has 0 aliphatic heterocycles. The highest BCUT2D eigenvalue weighted by atomic mass is 32.2. The van der Waals surface area contributed by atoms with Crippen molar-refractivity contribution in [3.05, 3.63) is 29.8 Å². The van der Waals surface area contributed by atoms with Crippen LogP contribution in [0.25, 0.3) is 0 Å². The number of aliphatic hydroxyl groups excluding tert-OH is 1. The van der Waals surface area contributed by atoms with Gasteiger partial charge < -0.3 is 10.4 Å². The van der Waals surface area contributed by atoms with Gasteiger partial charge in [-0.05, 0) is 43.9 Å². The van der Waals surface area contributed by atoms with Gasteiger partial charge in [0.25, 0.3) is 0 Å². The van der Waals surface area contributed by atoms with Crippen LogP contribution in [0.2, 0.25) is 0 Å². The molecule has 2 unspecified atom stereocenters. The van der Waals surface area contributed by atoms with Crippen molar-refractivity contribution in [1.82, 2.24) is 5.32 Å². The summed E-state index contributed by atoms with van der Waals surface area (Å²) in [6.07, 6.45) is 0.912. The van der Waals surface area contributed by atoms with Crippen LogP contribution in [0.5, 0.6) is 0 Å². The Balaban J connectivity index is 2.69. The highest BCUT2D eigenvalue weighted by Gasteiger charge is 2.14. The van der Waals surface area contributed by atoms with E-state index in [9.17, 15) is 13.5 Å². The second-order valence-corrected chi connectivity index (χ2v) is 8.04. The van der Waals surface area contributed by atoms with Gasteiger partial charge in [-0.1, -0.05) is 26.0 Å². The molecule has 1 rings (SSSR count). The lowest BCUT2D eigenvalue weighted by Gasteiger charge is -2.23. The molecule has 3 N–H and O–H groups in total. The van der Waals surface area contributed by atoms with E-state index in [1.54, 1.807) is 19.1 Å². The van der Waals surface area contributed by atoms with Crippen molar-refractivity contribution in [3.63, 3.8) is 0 Å². The number of aliphatic hydroxyl groups is 1. The first-order valence-corrected chi connectivity index (χ1v) is 9.40. The Morgan fingerprint density at radius 1 is 1.14 bits per heavy atom. The summed E-state index contributed by atoms with van der Waals surface area (Å²) in [4.78, 5) is 0. The molecule has 0 saturated carbocycles. The monoisotopic (exact) mass is 328 g/mol. The van der Waals surface area contributed by atoms with E-state index in [1.807, 2.05) is 19.1 Å². The molecule has 0 heterocycles.